The predicted molar refractivity (Wildman–Crippen MR) is 91.9 cm³/mol. The first-order valence-electron chi connectivity index (χ1n) is 8.24. The van der Waals surface area contributed by atoms with Crippen molar-refractivity contribution in [1.82, 2.24) is 15.5 Å². The Labute approximate surface area is 144 Å². The number of carboxylic acid groups (broad SMARTS) is 1. The zero-order valence-corrected chi connectivity index (χ0v) is 14.5. The molecule has 0 amide bonds. The summed E-state index contributed by atoms with van der Waals surface area (Å²) >= 11 is 0. The maximum Gasteiger partial charge on any atom is 0.451 e. The molecule has 0 aliphatic carbocycles. The molecule has 3 atom stereocenters. The smallest absolute Gasteiger partial charge is 0.451 e. The number of hydrogen-bond acceptors (Lipinski definition) is 6. The number of fused-ring (bicyclic) bond motifs is 1. The van der Waals surface area contributed by atoms with E-state index in [1.165, 1.54) is 0 Å². The Morgan fingerprint density at radius 2 is 2.17 bits per heavy atom. The Morgan fingerprint density at radius 1 is 1.43 bits per heavy atom. The van der Waals surface area contributed by atoms with E-state index in [-0.39, 0.29) is 18.3 Å². The number of rotatable bonds is 9. The molecule has 0 aromatic carbocycles. The first-order valence-corrected chi connectivity index (χ1v) is 8.24. The van der Waals surface area contributed by atoms with Crippen LogP contribution >= 0.6 is 12.4 Å². The van der Waals surface area contributed by atoms with Crippen LogP contribution in [0, 0.1) is 5.92 Å². The lowest BCUT2D eigenvalue weighted by Gasteiger charge is -2.31. The summed E-state index contributed by atoms with van der Waals surface area (Å²) in [5.41, 5.74) is -0.848. The molecule has 2 saturated heterocycles. The zero-order valence-electron chi connectivity index (χ0n) is 13.7. The lowest BCUT2D eigenvalue weighted by molar-refractivity contribution is -0.146. The van der Waals surface area contributed by atoms with Crippen LogP contribution in [0.1, 0.15) is 25.7 Å². The molecule has 0 aromatic heterocycles. The molecule has 23 heavy (non-hydrogen) atoms. The minimum Gasteiger partial charge on any atom is -0.480 e. The van der Waals surface area contributed by atoms with Gasteiger partial charge in [0, 0.05) is 31.6 Å². The molecule has 2 rings (SSSR count). The largest absolute Gasteiger partial charge is 0.480 e. The standard InChI is InChI=1S/C14H28BN3O4.ClH/c1-16-7-9-18-8-4-11-12(18)10-17-14(11,13(19)20)5-2-3-6-15(21)22;/h11-12,16-17,21-22H,2-10H2,1H3,(H,19,20);1H/t11-,12-,14+;/m0./s1. The van der Waals surface area contributed by atoms with Gasteiger partial charge in [0.2, 0.25) is 0 Å². The van der Waals surface area contributed by atoms with Crippen LogP contribution in [0.3, 0.4) is 0 Å². The molecule has 0 radical (unpaired) electrons. The number of nitrogens with one attached hydrogen (secondary N) is 2. The second-order valence-electron chi connectivity index (χ2n) is 6.49. The van der Waals surface area contributed by atoms with E-state index >= 15 is 0 Å². The van der Waals surface area contributed by atoms with E-state index in [0.717, 1.165) is 32.6 Å². The second-order valence-corrected chi connectivity index (χ2v) is 6.49. The van der Waals surface area contributed by atoms with Crippen molar-refractivity contribution >= 4 is 25.5 Å². The van der Waals surface area contributed by atoms with Gasteiger partial charge in [-0.2, -0.15) is 0 Å². The van der Waals surface area contributed by atoms with E-state index in [1.54, 1.807) is 0 Å². The quantitative estimate of drug-likeness (QED) is 0.279. The highest BCUT2D eigenvalue weighted by molar-refractivity contribution is 6.40. The molecule has 2 aliphatic rings. The topological polar surface area (TPSA) is 105 Å². The van der Waals surface area contributed by atoms with Crippen molar-refractivity contribution in [1.29, 1.82) is 0 Å². The second kappa shape index (κ2) is 9.20. The van der Waals surface area contributed by atoms with Crippen LogP contribution in [0.4, 0.5) is 0 Å². The SMILES string of the molecule is CNCCN1CC[C@H]2[C@@H]1CN[C@@]2(CCCCB(O)O)C(=O)O.Cl. The number of likely N-dealkylation sites (tertiary alicyclic amines) is 1. The van der Waals surface area contributed by atoms with Gasteiger partial charge in [-0.15, -0.1) is 12.4 Å². The maximum absolute atomic E-state index is 11.9. The van der Waals surface area contributed by atoms with Gasteiger partial charge in [-0.3, -0.25) is 9.69 Å². The Kier molecular flexibility index (Phi) is 8.27. The first-order chi connectivity index (χ1) is 10.5. The fraction of sp³-hybridized carbons (Fsp3) is 0.929. The van der Waals surface area contributed by atoms with Crippen LogP contribution in [0.15, 0.2) is 0 Å². The van der Waals surface area contributed by atoms with E-state index < -0.39 is 18.6 Å². The molecule has 0 saturated carbocycles. The van der Waals surface area contributed by atoms with Crippen LogP contribution < -0.4 is 10.6 Å². The maximum atomic E-state index is 11.9. The molecule has 0 spiro atoms. The fourth-order valence-electron chi connectivity index (χ4n) is 4.06. The van der Waals surface area contributed by atoms with Gasteiger partial charge in [0.1, 0.15) is 5.54 Å². The van der Waals surface area contributed by atoms with Crippen LogP contribution in [0.5, 0.6) is 0 Å². The monoisotopic (exact) mass is 349 g/mol. The minimum absolute atomic E-state index is 0. The number of likely N-dealkylation sites (N-methyl/N-ethyl adjacent to an activating group) is 1. The summed E-state index contributed by atoms with van der Waals surface area (Å²) in [6.07, 6.45) is 3.09. The third-order valence-corrected chi connectivity index (χ3v) is 5.23. The average Bonchev–Trinajstić information content (AvgIpc) is 3.02. The minimum atomic E-state index is -1.30. The molecule has 134 valence electrons. The van der Waals surface area contributed by atoms with Crippen molar-refractivity contribution in [3.05, 3.63) is 0 Å². The number of aliphatic carboxylic acids is 1. The molecule has 2 aliphatic heterocycles. The van der Waals surface area contributed by atoms with Gasteiger partial charge in [-0.1, -0.05) is 12.8 Å². The van der Waals surface area contributed by atoms with Gasteiger partial charge in [-0.25, -0.2) is 0 Å². The molecule has 2 heterocycles. The Morgan fingerprint density at radius 3 is 2.78 bits per heavy atom. The molecule has 0 unspecified atom stereocenters. The predicted octanol–water partition coefficient (Wildman–Crippen LogP) is -0.612. The van der Waals surface area contributed by atoms with E-state index in [9.17, 15) is 9.90 Å². The highest BCUT2D eigenvalue weighted by Crippen LogP contribution is 2.41. The van der Waals surface area contributed by atoms with Crippen LogP contribution in [0.2, 0.25) is 6.32 Å². The molecular formula is C14H29BClN3O4. The zero-order chi connectivity index (χ0) is 16.2. The average molecular weight is 350 g/mol. The lowest BCUT2D eigenvalue weighted by atomic mass is 9.77. The van der Waals surface area contributed by atoms with E-state index in [2.05, 4.69) is 15.5 Å². The van der Waals surface area contributed by atoms with Gasteiger partial charge in [-0.05, 0) is 32.8 Å². The van der Waals surface area contributed by atoms with Gasteiger partial charge in [0.25, 0.3) is 0 Å². The van der Waals surface area contributed by atoms with Crippen molar-refractivity contribution in [2.45, 2.75) is 43.6 Å². The van der Waals surface area contributed by atoms with Gasteiger partial charge in [0.15, 0.2) is 0 Å². The van der Waals surface area contributed by atoms with Crippen molar-refractivity contribution in [2.75, 3.05) is 33.2 Å². The normalized spacial score (nSPS) is 30.0. The summed E-state index contributed by atoms with van der Waals surface area (Å²) < 4.78 is 0. The summed E-state index contributed by atoms with van der Waals surface area (Å²) in [7, 11) is 0.631. The van der Waals surface area contributed by atoms with Gasteiger partial charge < -0.3 is 25.8 Å². The van der Waals surface area contributed by atoms with E-state index in [0.29, 0.717) is 31.6 Å². The van der Waals surface area contributed by atoms with Crippen LogP contribution in [-0.2, 0) is 4.79 Å². The van der Waals surface area contributed by atoms with E-state index in [4.69, 9.17) is 10.0 Å². The molecule has 0 aromatic rings. The van der Waals surface area contributed by atoms with Gasteiger partial charge in [0.05, 0.1) is 0 Å². The fourth-order valence-corrected chi connectivity index (χ4v) is 4.06. The Bertz CT molecular complexity index is 391. The number of nitrogens with zero attached hydrogens (tertiary/aromatic N) is 1. The number of hydrogen-bond donors (Lipinski definition) is 5. The van der Waals surface area contributed by atoms with Crippen molar-refractivity contribution in [3.8, 4) is 0 Å². The molecule has 2 fully saturated rings. The summed E-state index contributed by atoms with van der Waals surface area (Å²) in [5.74, 6) is -0.624. The number of unbranched alkanes of at least 4 members (excludes halogenated alkanes) is 1. The molecular weight excluding hydrogens is 320 g/mol. The number of halogens is 1. The van der Waals surface area contributed by atoms with Crippen LogP contribution in [0.25, 0.3) is 0 Å². The highest BCUT2D eigenvalue weighted by atomic mass is 35.5. The third-order valence-electron chi connectivity index (χ3n) is 5.23. The van der Waals surface area contributed by atoms with Gasteiger partial charge >= 0.3 is 13.1 Å². The number of carbonyl (C=O) groups is 1. The summed E-state index contributed by atoms with van der Waals surface area (Å²) in [5, 5.41) is 34.0. The Hall–Kier alpha value is -0.375. The van der Waals surface area contributed by atoms with E-state index in [1.807, 2.05) is 7.05 Å². The van der Waals surface area contributed by atoms with Crippen molar-refractivity contribution in [3.63, 3.8) is 0 Å². The third kappa shape index (κ3) is 4.58. The lowest BCUT2D eigenvalue weighted by Crippen LogP contribution is -2.52. The van der Waals surface area contributed by atoms with Crippen molar-refractivity contribution in [2.24, 2.45) is 5.92 Å². The van der Waals surface area contributed by atoms with Crippen molar-refractivity contribution < 1.29 is 19.9 Å². The molecule has 5 N–H and O–H groups in total. The molecule has 0 bridgehead atoms. The Balaban J connectivity index is 0.00000264. The summed E-state index contributed by atoms with van der Waals surface area (Å²) in [6.45, 7) is 3.55. The molecule has 7 nitrogen and oxygen atoms in total. The first kappa shape index (κ1) is 20.7. The summed E-state index contributed by atoms with van der Waals surface area (Å²) in [4.78, 5) is 14.3. The number of carboxylic acids is 1. The summed E-state index contributed by atoms with van der Waals surface area (Å²) in [6, 6.07) is 0.299. The van der Waals surface area contributed by atoms with Crippen LogP contribution in [-0.4, -0.2) is 77.9 Å². The molecule has 9 heteroatoms. The highest BCUT2D eigenvalue weighted by Gasteiger charge is 2.56.